The molecule has 5 nitrogen and oxygen atoms in total. The number of benzene rings is 1. The number of aryl methyl sites for hydroxylation is 1. The van der Waals surface area contributed by atoms with Gasteiger partial charge in [0.15, 0.2) is 15.9 Å². The van der Waals surface area contributed by atoms with E-state index in [0.717, 1.165) is 6.26 Å². The first kappa shape index (κ1) is 12.7. The summed E-state index contributed by atoms with van der Waals surface area (Å²) in [5.74, 6) is -1.48. The zero-order chi connectivity index (χ0) is 12.5. The molecule has 0 aliphatic heterocycles. The van der Waals surface area contributed by atoms with Crippen LogP contribution in [0.2, 0.25) is 0 Å². The SMILES string of the molecule is Cc1ccc(C(O)C(=O)O)c(S(C)(=O)=O)c1. The molecule has 0 fully saturated rings. The maximum Gasteiger partial charge on any atom is 0.337 e. The Morgan fingerprint density at radius 2 is 1.94 bits per heavy atom. The van der Waals surface area contributed by atoms with Crippen molar-refractivity contribution in [2.45, 2.75) is 17.9 Å². The molecule has 2 N–H and O–H groups in total. The second-order valence-corrected chi connectivity index (χ2v) is 5.54. The molecule has 0 saturated heterocycles. The van der Waals surface area contributed by atoms with Crippen molar-refractivity contribution < 1.29 is 23.4 Å². The average Bonchev–Trinajstić information content (AvgIpc) is 2.15. The molecule has 0 amide bonds. The van der Waals surface area contributed by atoms with Gasteiger partial charge in [0.25, 0.3) is 0 Å². The van der Waals surface area contributed by atoms with Crippen molar-refractivity contribution in [3.05, 3.63) is 29.3 Å². The highest BCUT2D eigenvalue weighted by Gasteiger charge is 2.23. The summed E-state index contributed by atoms with van der Waals surface area (Å²) < 4.78 is 22.9. The van der Waals surface area contributed by atoms with Crippen LogP contribution in [0.4, 0.5) is 0 Å². The molecule has 0 aliphatic carbocycles. The van der Waals surface area contributed by atoms with Gasteiger partial charge in [-0.3, -0.25) is 0 Å². The topological polar surface area (TPSA) is 91.7 Å². The van der Waals surface area contributed by atoms with Crippen LogP contribution in [0, 0.1) is 6.92 Å². The van der Waals surface area contributed by atoms with Crippen molar-refractivity contribution in [2.24, 2.45) is 0 Å². The number of aliphatic hydroxyl groups excluding tert-OH is 1. The van der Waals surface area contributed by atoms with Crippen LogP contribution < -0.4 is 0 Å². The van der Waals surface area contributed by atoms with Gasteiger partial charge < -0.3 is 10.2 Å². The van der Waals surface area contributed by atoms with Gasteiger partial charge in [-0.2, -0.15) is 0 Å². The summed E-state index contributed by atoms with van der Waals surface area (Å²) in [5, 5.41) is 18.0. The van der Waals surface area contributed by atoms with Crippen LogP contribution in [0.3, 0.4) is 0 Å². The van der Waals surface area contributed by atoms with E-state index >= 15 is 0 Å². The molecule has 88 valence electrons. The Bertz CT molecular complexity index is 518. The van der Waals surface area contributed by atoms with E-state index in [9.17, 15) is 18.3 Å². The second-order valence-electron chi connectivity index (χ2n) is 3.55. The van der Waals surface area contributed by atoms with Gasteiger partial charge in [-0.15, -0.1) is 0 Å². The Morgan fingerprint density at radius 1 is 1.38 bits per heavy atom. The van der Waals surface area contributed by atoms with E-state index < -0.39 is 21.9 Å². The predicted octanol–water partition coefficient (Wildman–Crippen LogP) is 0.517. The van der Waals surface area contributed by atoms with Crippen molar-refractivity contribution in [1.29, 1.82) is 0 Å². The fourth-order valence-electron chi connectivity index (χ4n) is 1.32. The predicted molar refractivity (Wildman–Crippen MR) is 56.9 cm³/mol. The van der Waals surface area contributed by atoms with E-state index in [1.165, 1.54) is 12.1 Å². The minimum atomic E-state index is -3.56. The third-order valence-electron chi connectivity index (χ3n) is 2.10. The number of aliphatic carboxylic acids is 1. The van der Waals surface area contributed by atoms with Gasteiger partial charge in [0.1, 0.15) is 0 Å². The maximum atomic E-state index is 11.4. The number of carbonyl (C=O) groups is 1. The summed E-state index contributed by atoms with van der Waals surface area (Å²) in [6.45, 7) is 1.69. The molecule has 1 aromatic carbocycles. The second kappa shape index (κ2) is 4.23. The van der Waals surface area contributed by atoms with Crippen LogP contribution in [-0.4, -0.2) is 30.9 Å². The lowest BCUT2D eigenvalue weighted by atomic mass is 10.1. The normalized spacial score (nSPS) is 13.4. The van der Waals surface area contributed by atoms with E-state index in [-0.39, 0.29) is 10.5 Å². The van der Waals surface area contributed by atoms with E-state index in [1.807, 2.05) is 0 Å². The molecule has 0 radical (unpaired) electrons. The maximum absolute atomic E-state index is 11.4. The minimum absolute atomic E-state index is 0.111. The molecular weight excluding hydrogens is 232 g/mol. The lowest BCUT2D eigenvalue weighted by Crippen LogP contribution is -2.14. The molecule has 16 heavy (non-hydrogen) atoms. The third kappa shape index (κ3) is 2.59. The number of hydrogen-bond donors (Lipinski definition) is 2. The third-order valence-corrected chi connectivity index (χ3v) is 3.25. The van der Waals surface area contributed by atoms with Gasteiger partial charge in [-0.05, 0) is 18.6 Å². The molecule has 0 aliphatic rings. The zero-order valence-electron chi connectivity index (χ0n) is 8.84. The first-order valence-corrected chi connectivity index (χ1v) is 6.34. The van der Waals surface area contributed by atoms with Crippen molar-refractivity contribution in [3.63, 3.8) is 0 Å². The molecule has 6 heteroatoms. The summed E-state index contributed by atoms with van der Waals surface area (Å²) in [6, 6.07) is 4.21. The Balaban J connectivity index is 3.46. The molecule has 0 aromatic heterocycles. The van der Waals surface area contributed by atoms with Gasteiger partial charge in [-0.25, -0.2) is 13.2 Å². The fraction of sp³-hybridized carbons (Fsp3) is 0.300. The van der Waals surface area contributed by atoms with Crippen LogP contribution in [0.15, 0.2) is 23.1 Å². The first-order valence-electron chi connectivity index (χ1n) is 4.45. The molecule has 0 bridgehead atoms. The minimum Gasteiger partial charge on any atom is -0.479 e. The number of rotatable bonds is 3. The van der Waals surface area contributed by atoms with E-state index in [0.29, 0.717) is 5.56 Å². The summed E-state index contributed by atoms with van der Waals surface area (Å²) in [4.78, 5) is 10.5. The van der Waals surface area contributed by atoms with Crippen molar-refractivity contribution >= 4 is 15.8 Å². The van der Waals surface area contributed by atoms with E-state index in [4.69, 9.17) is 5.11 Å². The van der Waals surface area contributed by atoms with Gasteiger partial charge >= 0.3 is 5.97 Å². The zero-order valence-corrected chi connectivity index (χ0v) is 9.65. The van der Waals surface area contributed by atoms with E-state index in [2.05, 4.69) is 0 Å². The van der Waals surface area contributed by atoms with Crippen molar-refractivity contribution in [3.8, 4) is 0 Å². The molecular formula is C10H12O5S. The number of aliphatic hydroxyl groups is 1. The highest BCUT2D eigenvalue weighted by molar-refractivity contribution is 7.90. The molecule has 1 atom stereocenters. The van der Waals surface area contributed by atoms with Crippen molar-refractivity contribution in [1.82, 2.24) is 0 Å². The highest BCUT2D eigenvalue weighted by Crippen LogP contribution is 2.24. The molecule has 1 unspecified atom stereocenters. The van der Waals surface area contributed by atoms with Crippen LogP contribution in [0.1, 0.15) is 17.2 Å². The summed E-state index contributed by atoms with van der Waals surface area (Å²) in [6.07, 6.45) is -0.856. The average molecular weight is 244 g/mol. The van der Waals surface area contributed by atoms with Gasteiger partial charge in [0.2, 0.25) is 0 Å². The van der Waals surface area contributed by atoms with Gasteiger partial charge in [-0.1, -0.05) is 12.1 Å². The van der Waals surface area contributed by atoms with Crippen LogP contribution in [0.5, 0.6) is 0 Å². The Labute approximate surface area is 93.3 Å². The standard InChI is InChI=1S/C10H12O5S/c1-6-3-4-7(9(11)10(12)13)8(5-6)16(2,14)15/h3-5,9,11H,1-2H3,(H,12,13). The van der Waals surface area contributed by atoms with E-state index in [1.54, 1.807) is 13.0 Å². The Morgan fingerprint density at radius 3 is 2.38 bits per heavy atom. The molecule has 1 rings (SSSR count). The fourth-order valence-corrected chi connectivity index (χ4v) is 2.33. The smallest absolute Gasteiger partial charge is 0.337 e. The van der Waals surface area contributed by atoms with Gasteiger partial charge in [0, 0.05) is 11.8 Å². The Hall–Kier alpha value is -1.40. The number of sulfone groups is 1. The summed E-state index contributed by atoms with van der Waals surface area (Å²) in [5.41, 5.74) is 0.572. The number of hydrogen-bond acceptors (Lipinski definition) is 4. The lowest BCUT2D eigenvalue weighted by Gasteiger charge is -2.11. The monoisotopic (exact) mass is 244 g/mol. The lowest BCUT2D eigenvalue weighted by molar-refractivity contribution is -0.147. The van der Waals surface area contributed by atoms with Crippen LogP contribution in [0.25, 0.3) is 0 Å². The number of carboxylic acids is 1. The summed E-state index contributed by atoms with van der Waals surface area (Å²) >= 11 is 0. The largest absolute Gasteiger partial charge is 0.479 e. The van der Waals surface area contributed by atoms with Crippen LogP contribution >= 0.6 is 0 Å². The molecule has 0 heterocycles. The summed E-state index contributed by atoms with van der Waals surface area (Å²) in [7, 11) is -3.56. The van der Waals surface area contributed by atoms with Crippen LogP contribution in [-0.2, 0) is 14.6 Å². The quantitative estimate of drug-likeness (QED) is 0.808. The molecule has 0 saturated carbocycles. The Kier molecular flexibility index (Phi) is 3.35. The highest BCUT2D eigenvalue weighted by atomic mass is 32.2. The number of carboxylic acid groups (broad SMARTS) is 1. The van der Waals surface area contributed by atoms with Gasteiger partial charge in [0.05, 0.1) is 4.90 Å². The first-order chi connectivity index (χ1) is 7.23. The molecule has 0 spiro atoms. The molecule has 1 aromatic rings. The van der Waals surface area contributed by atoms with Crippen molar-refractivity contribution in [2.75, 3.05) is 6.26 Å².